The summed E-state index contributed by atoms with van der Waals surface area (Å²) >= 11 is 6.05. The second-order valence-electron chi connectivity index (χ2n) is 5.79. The molecule has 0 atom stereocenters. The fourth-order valence-electron chi connectivity index (χ4n) is 2.28. The van der Waals surface area contributed by atoms with Gasteiger partial charge in [0.2, 0.25) is 0 Å². The summed E-state index contributed by atoms with van der Waals surface area (Å²) in [4.78, 5) is 28.8. The van der Waals surface area contributed by atoms with Crippen LogP contribution in [0, 0.1) is 12.7 Å². The minimum absolute atomic E-state index is 0.0638. The number of rotatable bonds is 4. The number of hydrogen-bond acceptors (Lipinski definition) is 3. The summed E-state index contributed by atoms with van der Waals surface area (Å²) in [5.74, 6) is -1.37. The molecule has 0 spiro atoms. The Labute approximate surface area is 160 Å². The van der Waals surface area contributed by atoms with Crippen molar-refractivity contribution in [1.29, 1.82) is 0 Å². The molecule has 0 unspecified atom stereocenters. The highest BCUT2D eigenvalue weighted by molar-refractivity contribution is 6.31. The molecule has 5 nitrogen and oxygen atoms in total. The molecule has 7 heteroatoms. The molecule has 0 fully saturated rings. The normalized spacial score (nSPS) is 10.3. The summed E-state index contributed by atoms with van der Waals surface area (Å²) < 4.78 is 12.9. The molecule has 3 aromatic rings. The smallest absolute Gasteiger partial charge is 0.274 e. The second-order valence-corrected chi connectivity index (χ2v) is 6.19. The predicted molar refractivity (Wildman–Crippen MR) is 103 cm³/mol. The fourth-order valence-corrected chi connectivity index (χ4v) is 2.46. The van der Waals surface area contributed by atoms with Crippen LogP contribution in [0.5, 0.6) is 0 Å². The number of aromatic nitrogens is 1. The molecule has 0 saturated carbocycles. The van der Waals surface area contributed by atoms with Gasteiger partial charge in [0.1, 0.15) is 17.2 Å². The lowest BCUT2D eigenvalue weighted by Gasteiger charge is -2.08. The molecule has 0 radical (unpaired) electrons. The molecule has 0 aliphatic carbocycles. The highest BCUT2D eigenvalue weighted by Crippen LogP contribution is 2.20. The summed E-state index contributed by atoms with van der Waals surface area (Å²) in [6, 6.07) is 15.0. The third-order valence-corrected chi connectivity index (χ3v) is 4.15. The van der Waals surface area contributed by atoms with Crippen LogP contribution in [-0.2, 0) is 0 Å². The number of amides is 2. The van der Waals surface area contributed by atoms with Crippen LogP contribution in [0.2, 0.25) is 5.02 Å². The van der Waals surface area contributed by atoms with Crippen LogP contribution in [0.1, 0.15) is 26.5 Å². The van der Waals surface area contributed by atoms with Crippen LogP contribution < -0.4 is 10.6 Å². The topological polar surface area (TPSA) is 71.1 Å². The monoisotopic (exact) mass is 383 g/mol. The van der Waals surface area contributed by atoms with Gasteiger partial charge in [-0.05, 0) is 61.0 Å². The number of benzene rings is 2. The zero-order valence-electron chi connectivity index (χ0n) is 14.3. The van der Waals surface area contributed by atoms with Crippen molar-refractivity contribution < 1.29 is 14.0 Å². The Kier molecular flexibility index (Phi) is 5.47. The van der Waals surface area contributed by atoms with Crippen LogP contribution in [-0.4, -0.2) is 16.8 Å². The third kappa shape index (κ3) is 4.68. The number of aryl methyl sites for hydroxylation is 1. The van der Waals surface area contributed by atoms with Crippen LogP contribution in [0.4, 0.5) is 15.8 Å². The van der Waals surface area contributed by atoms with Crippen molar-refractivity contribution in [3.8, 4) is 0 Å². The largest absolute Gasteiger partial charge is 0.321 e. The Hall–Kier alpha value is -3.25. The van der Waals surface area contributed by atoms with Crippen molar-refractivity contribution >= 4 is 34.8 Å². The van der Waals surface area contributed by atoms with Gasteiger partial charge in [0.25, 0.3) is 11.8 Å². The molecular formula is C20H15ClFN3O2. The van der Waals surface area contributed by atoms with Gasteiger partial charge in [-0.1, -0.05) is 23.7 Å². The number of carbonyl (C=O) groups excluding carboxylic acids is 2. The number of halogens is 2. The average molecular weight is 384 g/mol. The van der Waals surface area contributed by atoms with Crippen molar-refractivity contribution in [3.63, 3.8) is 0 Å². The molecule has 1 heterocycles. The molecule has 0 aliphatic heterocycles. The molecule has 3 rings (SSSR count). The molecular weight excluding hydrogens is 369 g/mol. The number of hydrogen-bond donors (Lipinski definition) is 2. The standard InChI is InChI=1S/C20H15ClFN3O2/c1-12-5-8-15(11-16(12)21)24-20(27)18-4-2-3-17(25-18)19(26)23-14-9-6-13(22)7-10-14/h2-11H,1H3,(H,23,26)(H,24,27). The number of nitrogens with one attached hydrogen (secondary N) is 2. The van der Waals surface area contributed by atoms with E-state index >= 15 is 0 Å². The molecule has 0 bridgehead atoms. The van der Waals surface area contributed by atoms with Gasteiger partial charge in [0.15, 0.2) is 0 Å². The van der Waals surface area contributed by atoms with E-state index in [1.807, 2.05) is 6.92 Å². The van der Waals surface area contributed by atoms with Crippen molar-refractivity contribution in [2.45, 2.75) is 6.92 Å². The minimum Gasteiger partial charge on any atom is -0.321 e. The van der Waals surface area contributed by atoms with E-state index in [0.717, 1.165) is 5.56 Å². The van der Waals surface area contributed by atoms with E-state index < -0.39 is 17.6 Å². The Bertz CT molecular complexity index is 1010. The SMILES string of the molecule is Cc1ccc(NC(=O)c2cccc(C(=O)Nc3ccc(F)cc3)n2)cc1Cl. The molecule has 27 heavy (non-hydrogen) atoms. The average Bonchev–Trinajstić information content (AvgIpc) is 2.66. The summed E-state index contributed by atoms with van der Waals surface area (Å²) in [5.41, 5.74) is 1.99. The van der Waals surface area contributed by atoms with Gasteiger partial charge in [-0.2, -0.15) is 0 Å². The van der Waals surface area contributed by atoms with E-state index in [4.69, 9.17) is 11.6 Å². The molecule has 1 aromatic heterocycles. The van der Waals surface area contributed by atoms with Crippen LogP contribution >= 0.6 is 11.6 Å². The lowest BCUT2D eigenvalue weighted by atomic mass is 10.2. The lowest BCUT2D eigenvalue weighted by Crippen LogP contribution is -2.18. The molecule has 136 valence electrons. The van der Waals surface area contributed by atoms with Gasteiger partial charge < -0.3 is 10.6 Å². The van der Waals surface area contributed by atoms with Gasteiger partial charge in [0.05, 0.1) is 0 Å². The number of anilines is 2. The van der Waals surface area contributed by atoms with E-state index in [1.165, 1.54) is 36.4 Å². The quantitative estimate of drug-likeness (QED) is 0.686. The molecule has 0 saturated heterocycles. The van der Waals surface area contributed by atoms with Gasteiger partial charge in [-0.25, -0.2) is 9.37 Å². The summed E-state index contributed by atoms with van der Waals surface area (Å²) in [6.07, 6.45) is 0. The highest BCUT2D eigenvalue weighted by Gasteiger charge is 2.13. The fraction of sp³-hybridized carbons (Fsp3) is 0.0500. The summed E-state index contributed by atoms with van der Waals surface area (Å²) in [6.45, 7) is 1.86. The summed E-state index contributed by atoms with van der Waals surface area (Å²) in [7, 11) is 0. The van der Waals surface area contributed by atoms with Crippen LogP contribution in [0.25, 0.3) is 0 Å². The van der Waals surface area contributed by atoms with Crippen molar-refractivity contribution in [2.24, 2.45) is 0 Å². The number of pyridine rings is 1. The first-order valence-electron chi connectivity index (χ1n) is 8.04. The molecule has 0 aliphatic rings. The summed E-state index contributed by atoms with van der Waals surface area (Å²) in [5, 5.41) is 5.82. The minimum atomic E-state index is -0.505. The maximum absolute atomic E-state index is 12.9. The maximum Gasteiger partial charge on any atom is 0.274 e. The van der Waals surface area contributed by atoms with Crippen LogP contribution in [0.15, 0.2) is 60.7 Å². The second kappa shape index (κ2) is 7.97. The van der Waals surface area contributed by atoms with E-state index in [2.05, 4.69) is 15.6 Å². The Morgan fingerprint density at radius 2 is 1.44 bits per heavy atom. The van der Waals surface area contributed by atoms with Crippen molar-refractivity contribution in [1.82, 2.24) is 4.98 Å². The molecule has 2 aromatic carbocycles. The van der Waals surface area contributed by atoms with E-state index in [1.54, 1.807) is 24.3 Å². The van der Waals surface area contributed by atoms with Crippen molar-refractivity contribution in [3.05, 3.63) is 88.5 Å². The Morgan fingerprint density at radius 1 is 0.889 bits per heavy atom. The zero-order chi connectivity index (χ0) is 19.4. The highest BCUT2D eigenvalue weighted by atomic mass is 35.5. The van der Waals surface area contributed by atoms with Gasteiger partial charge in [-0.15, -0.1) is 0 Å². The first-order valence-corrected chi connectivity index (χ1v) is 8.41. The molecule has 2 N–H and O–H groups in total. The number of nitrogens with zero attached hydrogens (tertiary/aromatic N) is 1. The van der Waals surface area contributed by atoms with Gasteiger partial charge >= 0.3 is 0 Å². The van der Waals surface area contributed by atoms with Crippen molar-refractivity contribution in [2.75, 3.05) is 10.6 Å². The van der Waals surface area contributed by atoms with E-state index in [-0.39, 0.29) is 11.4 Å². The number of carbonyl (C=O) groups is 2. The third-order valence-electron chi connectivity index (χ3n) is 3.75. The Morgan fingerprint density at radius 3 is 2.04 bits per heavy atom. The zero-order valence-corrected chi connectivity index (χ0v) is 15.0. The van der Waals surface area contributed by atoms with Gasteiger partial charge in [0, 0.05) is 16.4 Å². The van der Waals surface area contributed by atoms with E-state index in [0.29, 0.717) is 16.4 Å². The molecule has 2 amide bonds. The first kappa shape index (κ1) is 18.5. The van der Waals surface area contributed by atoms with E-state index in [9.17, 15) is 14.0 Å². The first-order chi connectivity index (χ1) is 12.9. The lowest BCUT2D eigenvalue weighted by molar-refractivity contribution is 0.101. The Balaban J connectivity index is 1.73. The van der Waals surface area contributed by atoms with Gasteiger partial charge in [-0.3, -0.25) is 9.59 Å². The predicted octanol–water partition coefficient (Wildman–Crippen LogP) is 4.69. The maximum atomic E-state index is 12.9. The van der Waals surface area contributed by atoms with Crippen LogP contribution in [0.3, 0.4) is 0 Å².